The van der Waals surface area contributed by atoms with Crippen LogP contribution in [0.4, 0.5) is 0 Å². The largest absolute Gasteiger partial charge is 0.486 e. The normalized spacial score (nSPS) is 18.9. The maximum atomic E-state index is 12.9. The zero-order chi connectivity index (χ0) is 26.1. The fraction of sp³-hybridized carbons (Fsp3) is 0.292. The van der Waals surface area contributed by atoms with Crippen molar-refractivity contribution in [3.63, 3.8) is 0 Å². The highest BCUT2D eigenvalue weighted by atomic mass is 32.2. The molecule has 2 N–H and O–H groups in total. The van der Waals surface area contributed by atoms with Crippen LogP contribution in [0, 0.1) is 13.8 Å². The summed E-state index contributed by atoms with van der Waals surface area (Å²) in [5.41, 5.74) is 1.67. The number of β-lactam (4-membered cyclic amide) rings is 1. The Morgan fingerprint density at radius 3 is 2.84 bits per heavy atom. The molecule has 37 heavy (non-hydrogen) atoms. The highest BCUT2D eigenvalue weighted by Crippen LogP contribution is 2.41. The number of hydrogen-bond donors (Lipinski definition) is 2. The first kappa shape index (κ1) is 25.4. The molecule has 2 aliphatic rings. The van der Waals surface area contributed by atoms with Gasteiger partial charge in [0, 0.05) is 11.5 Å². The number of aryl methyl sites for hydroxylation is 2. The molecule has 2 aliphatic heterocycles. The lowest BCUT2D eigenvalue weighted by Crippen LogP contribution is -2.70. The molecule has 192 valence electrons. The lowest BCUT2D eigenvalue weighted by atomic mass is 10.0. The van der Waals surface area contributed by atoms with E-state index in [-0.39, 0.29) is 18.1 Å². The lowest BCUT2D eigenvalue weighted by Gasteiger charge is -2.49. The standard InChI is InChI=1S/C24H22N4O6S3/c1-12-4-3-5-15(8-12)33-9-16-6-7-17(34-16)20(29)25-18-21(30)28-19(23(31)32)14(10-35-22(18)28)11-36-24-27-26-13(2)37-24/h3-8,18,22H,9-11H2,1-2H3,(H,25,29)(H,31,32)/t18-,22+/m0/s1. The van der Waals surface area contributed by atoms with Gasteiger partial charge in [0.25, 0.3) is 11.8 Å². The number of fused-ring (bicyclic) bond motifs is 1. The van der Waals surface area contributed by atoms with Crippen LogP contribution >= 0.6 is 34.9 Å². The summed E-state index contributed by atoms with van der Waals surface area (Å²) in [5, 5.41) is 20.9. The van der Waals surface area contributed by atoms with Crippen LogP contribution in [0.5, 0.6) is 5.75 Å². The first-order valence-electron chi connectivity index (χ1n) is 11.2. The minimum absolute atomic E-state index is 0.0263. The lowest BCUT2D eigenvalue weighted by molar-refractivity contribution is -0.148. The second-order valence-electron chi connectivity index (χ2n) is 8.37. The molecule has 4 heterocycles. The van der Waals surface area contributed by atoms with Crippen LogP contribution in [0.25, 0.3) is 0 Å². The van der Waals surface area contributed by atoms with Gasteiger partial charge in [0.2, 0.25) is 0 Å². The van der Waals surface area contributed by atoms with Crippen LogP contribution in [-0.2, 0) is 16.2 Å². The molecule has 0 aliphatic carbocycles. The molecule has 10 nitrogen and oxygen atoms in total. The molecule has 5 rings (SSSR count). The number of carboxylic acid groups (broad SMARTS) is 1. The monoisotopic (exact) mass is 558 g/mol. The topological polar surface area (TPSA) is 135 Å². The first-order chi connectivity index (χ1) is 17.8. The molecule has 1 saturated heterocycles. The van der Waals surface area contributed by atoms with Crippen molar-refractivity contribution in [1.29, 1.82) is 0 Å². The van der Waals surface area contributed by atoms with Gasteiger partial charge in [-0.1, -0.05) is 35.2 Å². The van der Waals surface area contributed by atoms with Gasteiger partial charge < -0.3 is 19.6 Å². The van der Waals surface area contributed by atoms with E-state index in [1.807, 2.05) is 38.1 Å². The SMILES string of the molecule is Cc1cccc(OCc2ccc(C(=O)N[C@H]3C(=O)N4C(C(=O)O)=C(CSc5nnc(C)s5)CS[C@H]34)o2)c1. The van der Waals surface area contributed by atoms with E-state index in [9.17, 15) is 19.5 Å². The summed E-state index contributed by atoms with van der Waals surface area (Å²) in [6, 6.07) is 9.90. The number of aromatic nitrogens is 2. The van der Waals surface area contributed by atoms with E-state index in [1.165, 1.54) is 45.8 Å². The Morgan fingerprint density at radius 1 is 1.27 bits per heavy atom. The number of nitrogens with zero attached hydrogens (tertiary/aromatic N) is 3. The van der Waals surface area contributed by atoms with Crippen molar-refractivity contribution < 1.29 is 28.6 Å². The Bertz CT molecular complexity index is 1400. The second kappa shape index (κ2) is 10.6. The Hall–Kier alpha value is -3.29. The van der Waals surface area contributed by atoms with Gasteiger partial charge in [-0.2, -0.15) is 0 Å². The van der Waals surface area contributed by atoms with Gasteiger partial charge in [-0.15, -0.1) is 22.0 Å². The number of carbonyl (C=O) groups excluding carboxylic acids is 2. The summed E-state index contributed by atoms with van der Waals surface area (Å²) in [4.78, 5) is 39.0. The summed E-state index contributed by atoms with van der Waals surface area (Å²) < 4.78 is 12.0. The van der Waals surface area contributed by atoms with E-state index in [0.29, 0.717) is 28.6 Å². The Labute approximate surface area is 224 Å². The van der Waals surface area contributed by atoms with E-state index in [4.69, 9.17) is 9.15 Å². The fourth-order valence-electron chi connectivity index (χ4n) is 3.93. The molecule has 2 aromatic heterocycles. The molecule has 0 radical (unpaired) electrons. The molecule has 1 aromatic carbocycles. The number of carbonyl (C=O) groups is 3. The number of nitrogens with one attached hydrogen (secondary N) is 1. The van der Waals surface area contributed by atoms with Gasteiger partial charge in [-0.05, 0) is 49.2 Å². The first-order valence-corrected chi connectivity index (χ1v) is 14.1. The van der Waals surface area contributed by atoms with Gasteiger partial charge in [-0.25, -0.2) is 4.79 Å². The molecular formula is C24H22N4O6S3. The van der Waals surface area contributed by atoms with Crippen molar-refractivity contribution in [3.05, 3.63) is 69.8 Å². The third kappa shape index (κ3) is 5.38. The number of ether oxygens (including phenoxy) is 1. The molecule has 0 saturated carbocycles. The fourth-order valence-corrected chi connectivity index (χ4v) is 7.23. The maximum absolute atomic E-state index is 12.9. The van der Waals surface area contributed by atoms with Crippen LogP contribution in [0.2, 0.25) is 0 Å². The van der Waals surface area contributed by atoms with Crippen molar-refractivity contribution >= 4 is 52.6 Å². The zero-order valence-electron chi connectivity index (χ0n) is 19.8. The van der Waals surface area contributed by atoms with Crippen LogP contribution in [-0.4, -0.2) is 60.9 Å². The van der Waals surface area contributed by atoms with Gasteiger partial charge in [0.1, 0.15) is 40.2 Å². The number of carboxylic acids is 1. The van der Waals surface area contributed by atoms with Crippen LogP contribution in [0.3, 0.4) is 0 Å². The van der Waals surface area contributed by atoms with E-state index in [2.05, 4.69) is 15.5 Å². The smallest absolute Gasteiger partial charge is 0.352 e. The maximum Gasteiger partial charge on any atom is 0.352 e. The number of hydrogen-bond acceptors (Lipinski definition) is 10. The van der Waals surface area contributed by atoms with Crippen LogP contribution in [0.1, 0.15) is 26.9 Å². The van der Waals surface area contributed by atoms with E-state index < -0.39 is 29.2 Å². The molecular weight excluding hydrogens is 536 g/mol. The summed E-state index contributed by atoms with van der Waals surface area (Å²) >= 11 is 4.24. The average molecular weight is 559 g/mol. The third-order valence-electron chi connectivity index (χ3n) is 5.67. The quantitative estimate of drug-likeness (QED) is 0.297. The second-order valence-corrected chi connectivity index (χ2v) is 11.9. The highest BCUT2D eigenvalue weighted by molar-refractivity contribution is 8.01. The third-order valence-corrected chi connectivity index (χ3v) is 9.07. The summed E-state index contributed by atoms with van der Waals surface area (Å²) in [6.07, 6.45) is 0. The number of furan rings is 1. The molecule has 2 atom stereocenters. The Morgan fingerprint density at radius 2 is 2.11 bits per heavy atom. The molecule has 13 heteroatoms. The Kier molecular flexibility index (Phi) is 7.26. The minimum atomic E-state index is -1.17. The van der Waals surface area contributed by atoms with Crippen molar-refractivity contribution in [2.75, 3.05) is 11.5 Å². The van der Waals surface area contributed by atoms with Gasteiger partial charge in [-0.3, -0.25) is 14.5 Å². The predicted octanol–water partition coefficient (Wildman–Crippen LogP) is 3.47. The van der Waals surface area contributed by atoms with Gasteiger partial charge in [0.05, 0.1) is 0 Å². The van der Waals surface area contributed by atoms with Crippen molar-refractivity contribution in [1.82, 2.24) is 20.4 Å². The molecule has 2 amide bonds. The molecule has 0 spiro atoms. The zero-order valence-corrected chi connectivity index (χ0v) is 22.2. The van der Waals surface area contributed by atoms with E-state index in [0.717, 1.165) is 14.9 Å². The molecule has 0 unspecified atom stereocenters. The Balaban J connectivity index is 1.21. The highest BCUT2D eigenvalue weighted by Gasteiger charge is 2.54. The minimum Gasteiger partial charge on any atom is -0.486 e. The van der Waals surface area contributed by atoms with Gasteiger partial charge in [0.15, 0.2) is 10.1 Å². The number of amides is 2. The summed E-state index contributed by atoms with van der Waals surface area (Å²) in [5.74, 6) is -0.170. The predicted molar refractivity (Wildman–Crippen MR) is 139 cm³/mol. The van der Waals surface area contributed by atoms with Crippen LogP contribution in [0.15, 0.2) is 56.4 Å². The molecule has 0 bridgehead atoms. The number of benzene rings is 1. The number of rotatable bonds is 9. The van der Waals surface area contributed by atoms with E-state index in [1.54, 1.807) is 6.07 Å². The van der Waals surface area contributed by atoms with Crippen molar-refractivity contribution in [2.24, 2.45) is 0 Å². The van der Waals surface area contributed by atoms with Crippen LogP contribution < -0.4 is 10.1 Å². The summed E-state index contributed by atoms with van der Waals surface area (Å²) in [7, 11) is 0. The molecule has 3 aromatic rings. The number of thioether (sulfide) groups is 2. The van der Waals surface area contributed by atoms with E-state index >= 15 is 0 Å². The molecule has 1 fully saturated rings. The average Bonchev–Trinajstić information content (AvgIpc) is 3.53. The number of aliphatic carboxylic acids is 1. The van der Waals surface area contributed by atoms with Crippen molar-refractivity contribution in [3.8, 4) is 5.75 Å². The van der Waals surface area contributed by atoms with Gasteiger partial charge >= 0.3 is 5.97 Å². The van der Waals surface area contributed by atoms with Crippen molar-refractivity contribution in [2.45, 2.75) is 36.2 Å². The summed E-state index contributed by atoms with van der Waals surface area (Å²) in [6.45, 7) is 3.96.